The first-order valence-electron chi connectivity index (χ1n) is 6.94. The molecule has 5 nitrogen and oxygen atoms in total. The van der Waals surface area contributed by atoms with Gasteiger partial charge in [-0.3, -0.25) is 9.59 Å². The van der Waals surface area contributed by atoms with E-state index in [-0.39, 0.29) is 18.4 Å². The lowest BCUT2D eigenvalue weighted by molar-refractivity contribution is -0.116. The molecule has 1 N–H and O–H groups in total. The predicted molar refractivity (Wildman–Crippen MR) is 92.7 cm³/mol. The third-order valence-electron chi connectivity index (χ3n) is 3.17. The summed E-state index contributed by atoms with van der Waals surface area (Å²) < 4.78 is 5.88. The van der Waals surface area contributed by atoms with Gasteiger partial charge in [-0.25, -0.2) is 0 Å². The van der Waals surface area contributed by atoms with E-state index in [9.17, 15) is 9.59 Å². The number of ether oxygens (including phenoxy) is 1. The van der Waals surface area contributed by atoms with Crippen LogP contribution in [0.3, 0.4) is 0 Å². The minimum atomic E-state index is -0.263. The second-order valence-corrected chi connectivity index (χ2v) is 5.86. The second-order valence-electron chi connectivity index (χ2n) is 4.95. The summed E-state index contributed by atoms with van der Waals surface area (Å²) in [6.07, 6.45) is 0. The van der Waals surface area contributed by atoms with Gasteiger partial charge in [-0.05, 0) is 42.5 Å². The average molecular weight is 377 g/mol. The Morgan fingerprint density at radius 3 is 2.48 bits per heavy atom. The number of nitrogens with zero attached hydrogens (tertiary/aromatic N) is 1. The zero-order valence-corrected chi connectivity index (χ0v) is 14.5. The van der Waals surface area contributed by atoms with Crippen LogP contribution in [0.4, 0.5) is 5.69 Å². The maximum absolute atomic E-state index is 12.3. The first-order chi connectivity index (χ1) is 11.0. The Morgan fingerprint density at radius 1 is 1.17 bits per heavy atom. The van der Waals surface area contributed by atoms with E-state index in [2.05, 4.69) is 21.2 Å². The van der Waals surface area contributed by atoms with Crippen LogP contribution in [-0.4, -0.2) is 37.4 Å². The zero-order chi connectivity index (χ0) is 16.8. The molecule has 2 rings (SSSR count). The predicted octanol–water partition coefficient (Wildman–Crippen LogP) is 3.17. The van der Waals surface area contributed by atoms with E-state index in [0.29, 0.717) is 17.0 Å². The molecule has 0 radical (unpaired) electrons. The molecule has 23 heavy (non-hydrogen) atoms. The number of benzene rings is 2. The van der Waals surface area contributed by atoms with Crippen LogP contribution in [0.1, 0.15) is 10.4 Å². The lowest BCUT2D eigenvalue weighted by atomic mass is 10.2. The number of carbonyl (C=O) groups is 2. The van der Waals surface area contributed by atoms with Gasteiger partial charge < -0.3 is 15.0 Å². The molecule has 0 bridgehead atoms. The summed E-state index contributed by atoms with van der Waals surface area (Å²) in [6, 6.07) is 14.1. The molecule has 0 aliphatic heterocycles. The van der Waals surface area contributed by atoms with Crippen molar-refractivity contribution in [2.24, 2.45) is 0 Å². The fourth-order valence-electron chi connectivity index (χ4n) is 2.00. The third kappa shape index (κ3) is 4.82. The van der Waals surface area contributed by atoms with Crippen LogP contribution in [0.15, 0.2) is 53.0 Å². The van der Waals surface area contributed by atoms with Gasteiger partial charge in [-0.1, -0.05) is 22.0 Å². The lowest BCUT2D eigenvalue weighted by Crippen LogP contribution is -2.34. The van der Waals surface area contributed by atoms with E-state index in [0.717, 1.165) is 4.47 Å². The van der Waals surface area contributed by atoms with Crippen LogP contribution in [0.25, 0.3) is 0 Å². The molecule has 120 valence electrons. The van der Waals surface area contributed by atoms with Crippen molar-refractivity contribution in [1.29, 1.82) is 0 Å². The Labute approximate surface area is 143 Å². The Bertz CT molecular complexity index is 701. The molecule has 0 atom stereocenters. The molecular weight excluding hydrogens is 360 g/mol. The first-order valence-corrected chi connectivity index (χ1v) is 7.74. The second kappa shape index (κ2) is 7.78. The molecule has 0 aliphatic carbocycles. The van der Waals surface area contributed by atoms with E-state index < -0.39 is 0 Å². The summed E-state index contributed by atoms with van der Waals surface area (Å²) in [7, 11) is 3.17. The molecule has 0 heterocycles. The Morgan fingerprint density at radius 2 is 1.87 bits per heavy atom. The van der Waals surface area contributed by atoms with E-state index >= 15 is 0 Å². The van der Waals surface area contributed by atoms with E-state index in [1.165, 1.54) is 4.90 Å². The summed E-state index contributed by atoms with van der Waals surface area (Å²) in [5.74, 6) is 0.238. The molecule has 0 aromatic heterocycles. The van der Waals surface area contributed by atoms with Gasteiger partial charge in [0.15, 0.2) is 0 Å². The minimum absolute atomic E-state index is 0.0304. The SMILES string of the molecule is COc1ccc(NC(=O)CN(C)C(=O)c2cccc(Br)c2)cc1. The average Bonchev–Trinajstić information content (AvgIpc) is 2.54. The van der Waals surface area contributed by atoms with Crippen molar-refractivity contribution >= 4 is 33.4 Å². The van der Waals surface area contributed by atoms with Crippen LogP contribution in [-0.2, 0) is 4.79 Å². The highest BCUT2D eigenvalue weighted by Gasteiger charge is 2.15. The van der Waals surface area contributed by atoms with Gasteiger partial charge in [0.05, 0.1) is 13.7 Å². The fraction of sp³-hybridized carbons (Fsp3) is 0.176. The van der Waals surface area contributed by atoms with Crippen molar-refractivity contribution in [2.75, 3.05) is 26.0 Å². The van der Waals surface area contributed by atoms with Crippen molar-refractivity contribution in [3.63, 3.8) is 0 Å². The summed E-state index contributed by atoms with van der Waals surface area (Å²) in [5.41, 5.74) is 1.18. The standard InChI is InChI=1S/C17H17BrN2O3/c1-20(17(22)12-4-3-5-13(18)10-12)11-16(21)19-14-6-8-15(23-2)9-7-14/h3-10H,11H2,1-2H3,(H,19,21). The molecular formula is C17H17BrN2O3. The van der Waals surface area contributed by atoms with Crippen LogP contribution < -0.4 is 10.1 Å². The number of hydrogen-bond donors (Lipinski definition) is 1. The molecule has 0 saturated carbocycles. The van der Waals surface area contributed by atoms with Gasteiger partial charge in [0, 0.05) is 22.8 Å². The van der Waals surface area contributed by atoms with Crippen LogP contribution in [0.2, 0.25) is 0 Å². The molecule has 0 spiro atoms. The van der Waals surface area contributed by atoms with Gasteiger partial charge in [-0.15, -0.1) is 0 Å². The normalized spacial score (nSPS) is 10.0. The largest absolute Gasteiger partial charge is 0.497 e. The highest BCUT2D eigenvalue weighted by atomic mass is 79.9. The van der Waals surface area contributed by atoms with Gasteiger partial charge in [0.25, 0.3) is 5.91 Å². The maximum Gasteiger partial charge on any atom is 0.254 e. The number of methoxy groups -OCH3 is 1. The number of hydrogen-bond acceptors (Lipinski definition) is 3. The Kier molecular flexibility index (Phi) is 5.76. The number of halogens is 1. The molecule has 2 amide bonds. The fourth-order valence-corrected chi connectivity index (χ4v) is 2.40. The van der Waals surface area contributed by atoms with Crippen LogP contribution in [0.5, 0.6) is 5.75 Å². The first kappa shape index (κ1) is 17.0. The quantitative estimate of drug-likeness (QED) is 0.871. The van der Waals surface area contributed by atoms with Gasteiger partial charge in [0.1, 0.15) is 5.75 Å². The van der Waals surface area contributed by atoms with E-state index in [1.54, 1.807) is 56.6 Å². The number of amides is 2. The van der Waals surface area contributed by atoms with Crippen LogP contribution in [0, 0.1) is 0 Å². The number of nitrogens with one attached hydrogen (secondary N) is 1. The van der Waals surface area contributed by atoms with Crippen molar-refractivity contribution < 1.29 is 14.3 Å². The molecule has 6 heteroatoms. The smallest absolute Gasteiger partial charge is 0.254 e. The number of rotatable bonds is 5. The van der Waals surface area contributed by atoms with Crippen molar-refractivity contribution in [2.45, 2.75) is 0 Å². The molecule has 2 aromatic carbocycles. The zero-order valence-electron chi connectivity index (χ0n) is 12.9. The molecule has 0 unspecified atom stereocenters. The lowest BCUT2D eigenvalue weighted by Gasteiger charge is -2.17. The highest BCUT2D eigenvalue weighted by Crippen LogP contribution is 2.15. The third-order valence-corrected chi connectivity index (χ3v) is 3.67. The summed E-state index contributed by atoms with van der Waals surface area (Å²) in [5, 5.41) is 2.74. The van der Waals surface area contributed by atoms with Crippen LogP contribution >= 0.6 is 15.9 Å². The highest BCUT2D eigenvalue weighted by molar-refractivity contribution is 9.10. The Balaban J connectivity index is 1.94. The van der Waals surface area contributed by atoms with E-state index in [4.69, 9.17) is 4.74 Å². The van der Waals surface area contributed by atoms with Crippen molar-refractivity contribution in [1.82, 2.24) is 4.90 Å². The minimum Gasteiger partial charge on any atom is -0.497 e. The monoisotopic (exact) mass is 376 g/mol. The Hall–Kier alpha value is -2.34. The van der Waals surface area contributed by atoms with Crippen molar-refractivity contribution in [3.05, 3.63) is 58.6 Å². The van der Waals surface area contributed by atoms with Gasteiger partial charge >= 0.3 is 0 Å². The topological polar surface area (TPSA) is 58.6 Å². The maximum atomic E-state index is 12.3. The number of carbonyl (C=O) groups excluding carboxylic acids is 2. The number of anilines is 1. The summed E-state index contributed by atoms with van der Waals surface area (Å²) in [6.45, 7) is -0.0304. The van der Waals surface area contributed by atoms with Crippen molar-refractivity contribution in [3.8, 4) is 5.75 Å². The van der Waals surface area contributed by atoms with E-state index in [1.807, 2.05) is 6.07 Å². The van der Waals surface area contributed by atoms with Gasteiger partial charge in [-0.2, -0.15) is 0 Å². The molecule has 2 aromatic rings. The summed E-state index contributed by atoms with van der Waals surface area (Å²) in [4.78, 5) is 25.7. The molecule has 0 saturated heterocycles. The molecule has 0 fully saturated rings. The summed E-state index contributed by atoms with van der Waals surface area (Å²) >= 11 is 3.33. The number of likely N-dealkylation sites (N-methyl/N-ethyl adjacent to an activating group) is 1. The van der Waals surface area contributed by atoms with Gasteiger partial charge in [0.2, 0.25) is 5.91 Å². The molecule has 0 aliphatic rings.